The number of aromatic nitrogens is 1. The van der Waals surface area contributed by atoms with Crippen LogP contribution in [0.3, 0.4) is 0 Å². The van der Waals surface area contributed by atoms with Crippen LogP contribution in [0.15, 0.2) is 65.3 Å². The molecular weight excluding hydrogens is 452 g/mol. The van der Waals surface area contributed by atoms with E-state index in [2.05, 4.69) is 67.1 Å². The molecule has 3 aromatic rings. The van der Waals surface area contributed by atoms with Crippen molar-refractivity contribution in [3.63, 3.8) is 0 Å². The van der Waals surface area contributed by atoms with Gasteiger partial charge in [-0.05, 0) is 22.1 Å². The van der Waals surface area contributed by atoms with Crippen molar-refractivity contribution < 1.29 is 14.0 Å². The number of amides is 2. The van der Waals surface area contributed by atoms with Gasteiger partial charge in [0.25, 0.3) is 5.91 Å². The van der Waals surface area contributed by atoms with E-state index in [1.165, 1.54) is 23.0 Å². The molecule has 190 valence electrons. The Balaban J connectivity index is 1.45. The standard InChI is InChI=1S/C29H36N4O3/c1-22(34)32-14-16-33(17-15-32)28(35)26-21-36-27(30-26)20-31(18-23-8-6-5-7-9-23)19-24-10-12-25(13-11-24)29(2,3)4/h5-13,21H,14-20H2,1-4H3. The summed E-state index contributed by atoms with van der Waals surface area (Å²) in [5.74, 6) is 0.404. The second kappa shape index (κ2) is 11.1. The Morgan fingerprint density at radius 3 is 2.03 bits per heavy atom. The first-order valence-electron chi connectivity index (χ1n) is 12.5. The number of carbonyl (C=O) groups is 2. The highest BCUT2D eigenvalue weighted by Gasteiger charge is 2.25. The molecule has 1 saturated heterocycles. The number of hydrogen-bond donors (Lipinski definition) is 0. The van der Waals surface area contributed by atoms with E-state index in [-0.39, 0.29) is 17.2 Å². The number of oxazole rings is 1. The maximum Gasteiger partial charge on any atom is 0.275 e. The summed E-state index contributed by atoms with van der Waals surface area (Å²) in [6, 6.07) is 19.1. The number of nitrogens with zero attached hydrogens (tertiary/aromatic N) is 4. The predicted octanol–water partition coefficient (Wildman–Crippen LogP) is 4.48. The van der Waals surface area contributed by atoms with Crippen molar-refractivity contribution in [2.75, 3.05) is 26.2 Å². The molecule has 0 aliphatic carbocycles. The fraction of sp³-hybridized carbons (Fsp3) is 0.414. The van der Waals surface area contributed by atoms with E-state index in [1.807, 2.05) is 18.2 Å². The fourth-order valence-corrected chi connectivity index (χ4v) is 4.44. The van der Waals surface area contributed by atoms with Gasteiger partial charge in [-0.3, -0.25) is 14.5 Å². The van der Waals surface area contributed by atoms with Crippen LogP contribution in [-0.4, -0.2) is 57.7 Å². The molecule has 1 aliphatic rings. The molecular formula is C29H36N4O3. The van der Waals surface area contributed by atoms with Gasteiger partial charge in [0, 0.05) is 46.2 Å². The van der Waals surface area contributed by atoms with Crippen LogP contribution < -0.4 is 0 Å². The van der Waals surface area contributed by atoms with E-state index in [0.29, 0.717) is 44.3 Å². The van der Waals surface area contributed by atoms with Crippen LogP contribution in [0.2, 0.25) is 0 Å². The van der Waals surface area contributed by atoms with E-state index in [1.54, 1.807) is 16.7 Å². The van der Waals surface area contributed by atoms with Crippen LogP contribution >= 0.6 is 0 Å². The van der Waals surface area contributed by atoms with Gasteiger partial charge in [-0.2, -0.15) is 0 Å². The zero-order chi connectivity index (χ0) is 25.7. The normalized spacial score (nSPS) is 14.4. The van der Waals surface area contributed by atoms with Crippen molar-refractivity contribution in [1.29, 1.82) is 0 Å². The van der Waals surface area contributed by atoms with Gasteiger partial charge in [-0.1, -0.05) is 75.4 Å². The number of piperazine rings is 1. The molecule has 36 heavy (non-hydrogen) atoms. The van der Waals surface area contributed by atoms with Crippen LogP contribution in [0.5, 0.6) is 0 Å². The van der Waals surface area contributed by atoms with Crippen molar-refractivity contribution in [1.82, 2.24) is 19.7 Å². The average Bonchev–Trinajstić information content (AvgIpc) is 3.32. The van der Waals surface area contributed by atoms with Gasteiger partial charge in [0.15, 0.2) is 5.69 Å². The lowest BCUT2D eigenvalue weighted by Gasteiger charge is -2.33. The Labute approximate surface area is 213 Å². The van der Waals surface area contributed by atoms with Crippen LogP contribution in [0.4, 0.5) is 0 Å². The zero-order valence-electron chi connectivity index (χ0n) is 21.7. The topological polar surface area (TPSA) is 69.9 Å². The molecule has 0 radical (unpaired) electrons. The molecule has 0 N–H and O–H groups in total. The van der Waals surface area contributed by atoms with Crippen LogP contribution in [0, 0.1) is 0 Å². The predicted molar refractivity (Wildman–Crippen MR) is 139 cm³/mol. The molecule has 7 heteroatoms. The summed E-state index contributed by atoms with van der Waals surface area (Å²) in [4.78, 5) is 34.8. The number of hydrogen-bond acceptors (Lipinski definition) is 5. The highest BCUT2D eigenvalue weighted by molar-refractivity contribution is 5.92. The maximum atomic E-state index is 13.0. The third-order valence-corrected chi connectivity index (χ3v) is 6.62. The average molecular weight is 489 g/mol. The van der Waals surface area contributed by atoms with Gasteiger partial charge in [-0.25, -0.2) is 4.98 Å². The van der Waals surface area contributed by atoms with Crippen molar-refractivity contribution in [2.45, 2.75) is 52.7 Å². The van der Waals surface area contributed by atoms with Gasteiger partial charge in [0.2, 0.25) is 11.8 Å². The summed E-state index contributed by atoms with van der Waals surface area (Å²) in [7, 11) is 0. The number of rotatable bonds is 7. The summed E-state index contributed by atoms with van der Waals surface area (Å²) in [6.45, 7) is 12.3. The summed E-state index contributed by atoms with van der Waals surface area (Å²) >= 11 is 0. The molecule has 0 unspecified atom stereocenters. The van der Waals surface area contributed by atoms with E-state index in [9.17, 15) is 9.59 Å². The third-order valence-electron chi connectivity index (χ3n) is 6.62. The van der Waals surface area contributed by atoms with Crippen molar-refractivity contribution >= 4 is 11.8 Å². The first-order valence-corrected chi connectivity index (χ1v) is 12.5. The number of benzene rings is 2. The smallest absolute Gasteiger partial charge is 0.275 e. The largest absolute Gasteiger partial charge is 0.447 e. The highest BCUT2D eigenvalue weighted by Crippen LogP contribution is 2.23. The molecule has 1 aromatic heterocycles. The second-order valence-electron chi connectivity index (χ2n) is 10.5. The molecule has 1 aliphatic heterocycles. The molecule has 1 fully saturated rings. The van der Waals surface area contributed by atoms with Crippen LogP contribution in [-0.2, 0) is 29.8 Å². The second-order valence-corrected chi connectivity index (χ2v) is 10.5. The lowest BCUT2D eigenvalue weighted by atomic mass is 9.87. The Morgan fingerprint density at radius 2 is 1.44 bits per heavy atom. The molecule has 2 heterocycles. The van der Waals surface area contributed by atoms with E-state index in [0.717, 1.165) is 13.1 Å². The van der Waals surface area contributed by atoms with Crippen molar-refractivity contribution in [3.05, 3.63) is 89.1 Å². The van der Waals surface area contributed by atoms with E-state index in [4.69, 9.17) is 4.42 Å². The number of carbonyl (C=O) groups excluding carboxylic acids is 2. The van der Waals surface area contributed by atoms with Gasteiger partial charge in [0.1, 0.15) is 6.26 Å². The Bertz CT molecular complexity index is 1160. The Kier molecular flexibility index (Phi) is 7.89. The molecule has 2 amide bonds. The van der Waals surface area contributed by atoms with Gasteiger partial charge in [-0.15, -0.1) is 0 Å². The molecule has 0 saturated carbocycles. The summed E-state index contributed by atoms with van der Waals surface area (Å²) < 4.78 is 5.74. The Hall–Kier alpha value is -3.45. The van der Waals surface area contributed by atoms with Gasteiger partial charge < -0.3 is 14.2 Å². The minimum absolute atomic E-state index is 0.0392. The molecule has 7 nitrogen and oxygen atoms in total. The van der Waals surface area contributed by atoms with Gasteiger partial charge in [0.05, 0.1) is 6.54 Å². The molecule has 4 rings (SSSR count). The summed E-state index contributed by atoms with van der Waals surface area (Å²) in [5.41, 5.74) is 4.15. The zero-order valence-corrected chi connectivity index (χ0v) is 21.7. The lowest BCUT2D eigenvalue weighted by Crippen LogP contribution is -2.50. The first kappa shape index (κ1) is 25.6. The highest BCUT2D eigenvalue weighted by atomic mass is 16.3. The minimum Gasteiger partial charge on any atom is -0.447 e. The van der Waals surface area contributed by atoms with Gasteiger partial charge >= 0.3 is 0 Å². The molecule has 0 atom stereocenters. The summed E-state index contributed by atoms with van der Waals surface area (Å²) in [6.07, 6.45) is 1.45. The van der Waals surface area contributed by atoms with Crippen molar-refractivity contribution in [3.8, 4) is 0 Å². The first-order chi connectivity index (χ1) is 17.2. The van der Waals surface area contributed by atoms with E-state index >= 15 is 0 Å². The minimum atomic E-state index is -0.152. The molecule has 0 bridgehead atoms. The maximum absolute atomic E-state index is 13.0. The monoisotopic (exact) mass is 488 g/mol. The quantitative estimate of drug-likeness (QED) is 0.491. The van der Waals surface area contributed by atoms with E-state index < -0.39 is 0 Å². The lowest BCUT2D eigenvalue weighted by molar-refractivity contribution is -0.130. The van der Waals surface area contributed by atoms with Crippen molar-refractivity contribution in [2.24, 2.45) is 0 Å². The molecule has 0 spiro atoms. The Morgan fingerprint density at radius 1 is 0.861 bits per heavy atom. The molecule has 2 aromatic carbocycles. The van der Waals surface area contributed by atoms with Crippen LogP contribution in [0.1, 0.15) is 60.8 Å². The fourth-order valence-electron chi connectivity index (χ4n) is 4.44. The SMILES string of the molecule is CC(=O)N1CCN(C(=O)c2coc(CN(Cc3ccccc3)Cc3ccc(C(C)(C)C)cc3)n2)CC1. The van der Waals surface area contributed by atoms with Crippen LogP contribution in [0.25, 0.3) is 0 Å². The summed E-state index contributed by atoms with van der Waals surface area (Å²) in [5, 5.41) is 0. The third kappa shape index (κ3) is 6.61.